The molecule has 1 aromatic carbocycles. The molecule has 2 nitrogen and oxygen atoms in total. The van der Waals surface area contributed by atoms with Crippen molar-refractivity contribution in [2.45, 2.75) is 40.0 Å². The first-order valence-electron chi connectivity index (χ1n) is 7.03. The molecule has 0 spiro atoms. The van der Waals surface area contributed by atoms with Crippen molar-refractivity contribution in [2.75, 3.05) is 19.7 Å². The predicted molar refractivity (Wildman–Crippen MR) is 78.4 cm³/mol. The summed E-state index contributed by atoms with van der Waals surface area (Å²) in [5.74, 6) is 2.26. The van der Waals surface area contributed by atoms with Crippen LogP contribution >= 0.6 is 0 Å². The molecule has 0 aromatic heterocycles. The maximum atomic E-state index is 5.76. The third-order valence-corrected chi connectivity index (χ3v) is 2.84. The van der Waals surface area contributed by atoms with E-state index in [1.165, 1.54) is 5.56 Å². The average Bonchev–Trinajstić information content (AvgIpc) is 2.33. The van der Waals surface area contributed by atoms with Crippen LogP contribution in [0.15, 0.2) is 24.3 Å². The van der Waals surface area contributed by atoms with E-state index < -0.39 is 0 Å². The van der Waals surface area contributed by atoms with Gasteiger partial charge in [0.15, 0.2) is 0 Å². The summed E-state index contributed by atoms with van der Waals surface area (Å²) in [6, 6.07) is 8.41. The number of hydrogen-bond acceptors (Lipinski definition) is 2. The minimum atomic E-state index is 0.557. The van der Waals surface area contributed by atoms with Crippen molar-refractivity contribution in [3.05, 3.63) is 29.8 Å². The Morgan fingerprint density at radius 3 is 2.61 bits per heavy atom. The Morgan fingerprint density at radius 1 is 1.17 bits per heavy atom. The first-order valence-corrected chi connectivity index (χ1v) is 7.03. The molecule has 1 aromatic rings. The fourth-order valence-corrected chi connectivity index (χ4v) is 1.74. The van der Waals surface area contributed by atoms with Gasteiger partial charge in [-0.25, -0.2) is 0 Å². The molecule has 1 N–H and O–H groups in total. The van der Waals surface area contributed by atoms with Crippen LogP contribution in [0.5, 0.6) is 5.75 Å². The molecule has 2 heteroatoms. The first-order chi connectivity index (χ1) is 8.59. The molecule has 0 fully saturated rings. The van der Waals surface area contributed by atoms with Crippen molar-refractivity contribution in [2.24, 2.45) is 5.92 Å². The van der Waals surface area contributed by atoms with Gasteiger partial charge in [-0.1, -0.05) is 39.8 Å². The minimum absolute atomic E-state index is 0.557. The van der Waals surface area contributed by atoms with E-state index in [2.05, 4.69) is 51.2 Å². The molecule has 0 atom stereocenters. The molecule has 0 saturated carbocycles. The zero-order chi connectivity index (χ0) is 13.4. The summed E-state index contributed by atoms with van der Waals surface area (Å²) in [4.78, 5) is 0. The number of hydrogen-bond donors (Lipinski definition) is 1. The summed E-state index contributed by atoms with van der Waals surface area (Å²) in [6.07, 6.45) is 1.05. The number of ether oxygens (including phenoxy) is 1. The van der Waals surface area contributed by atoms with Crippen LogP contribution in [0, 0.1) is 5.92 Å². The summed E-state index contributed by atoms with van der Waals surface area (Å²) < 4.78 is 5.76. The van der Waals surface area contributed by atoms with E-state index in [0.29, 0.717) is 11.8 Å². The third-order valence-electron chi connectivity index (χ3n) is 2.84. The molecule has 1 rings (SSSR count). The molecular weight excluding hydrogens is 222 g/mol. The fraction of sp³-hybridized carbons (Fsp3) is 0.625. The van der Waals surface area contributed by atoms with E-state index in [-0.39, 0.29) is 0 Å². The maximum Gasteiger partial charge on any atom is 0.119 e. The average molecular weight is 249 g/mol. The molecule has 0 bridgehead atoms. The maximum absolute atomic E-state index is 5.76. The number of rotatable bonds is 8. The highest BCUT2D eigenvalue weighted by molar-refractivity contribution is 5.30. The fourth-order valence-electron chi connectivity index (χ4n) is 1.74. The van der Waals surface area contributed by atoms with Crippen LogP contribution in [-0.4, -0.2) is 19.7 Å². The Morgan fingerprint density at radius 2 is 1.94 bits per heavy atom. The molecule has 0 amide bonds. The Kier molecular flexibility index (Phi) is 6.81. The van der Waals surface area contributed by atoms with Gasteiger partial charge in [-0.05, 0) is 49.0 Å². The zero-order valence-electron chi connectivity index (χ0n) is 12.2. The van der Waals surface area contributed by atoms with Crippen LogP contribution in [0.25, 0.3) is 0 Å². The number of nitrogens with one attached hydrogen (secondary N) is 1. The van der Waals surface area contributed by atoms with Crippen molar-refractivity contribution < 1.29 is 4.74 Å². The predicted octanol–water partition coefficient (Wildman–Crippen LogP) is 3.82. The standard InChI is InChI=1S/C16H27NO/c1-13(2)12-17-9-6-10-18-16-8-5-7-15(11-16)14(3)4/h5,7-8,11,13-14,17H,6,9-10,12H2,1-4H3. The van der Waals surface area contributed by atoms with E-state index in [9.17, 15) is 0 Å². The second-order valence-electron chi connectivity index (χ2n) is 5.53. The summed E-state index contributed by atoms with van der Waals surface area (Å²) in [5, 5.41) is 3.42. The molecule has 0 unspecified atom stereocenters. The summed E-state index contributed by atoms with van der Waals surface area (Å²) >= 11 is 0. The highest BCUT2D eigenvalue weighted by atomic mass is 16.5. The van der Waals surface area contributed by atoms with Crippen molar-refractivity contribution in [1.82, 2.24) is 5.32 Å². The van der Waals surface area contributed by atoms with Gasteiger partial charge in [0.1, 0.15) is 5.75 Å². The Labute approximate surface area is 112 Å². The van der Waals surface area contributed by atoms with Crippen molar-refractivity contribution in [3.63, 3.8) is 0 Å². The number of benzene rings is 1. The van der Waals surface area contributed by atoms with Crippen LogP contribution in [0.4, 0.5) is 0 Å². The SMILES string of the molecule is CC(C)CNCCCOc1cccc(C(C)C)c1. The lowest BCUT2D eigenvalue weighted by atomic mass is 10.0. The van der Waals surface area contributed by atoms with Gasteiger partial charge in [-0.2, -0.15) is 0 Å². The highest BCUT2D eigenvalue weighted by Crippen LogP contribution is 2.20. The molecule has 0 aliphatic rings. The lowest BCUT2D eigenvalue weighted by Crippen LogP contribution is -2.22. The van der Waals surface area contributed by atoms with Crippen molar-refractivity contribution >= 4 is 0 Å². The van der Waals surface area contributed by atoms with Gasteiger partial charge in [0.05, 0.1) is 6.61 Å². The molecule has 0 heterocycles. The van der Waals surface area contributed by atoms with Gasteiger partial charge >= 0.3 is 0 Å². The van der Waals surface area contributed by atoms with Crippen molar-refractivity contribution in [3.8, 4) is 5.75 Å². The van der Waals surface area contributed by atoms with E-state index in [0.717, 1.165) is 31.9 Å². The molecule has 0 radical (unpaired) electrons. The second kappa shape index (κ2) is 8.15. The smallest absolute Gasteiger partial charge is 0.119 e. The largest absolute Gasteiger partial charge is 0.494 e. The Balaban J connectivity index is 2.21. The molecule has 102 valence electrons. The Bertz CT molecular complexity index is 334. The van der Waals surface area contributed by atoms with E-state index in [4.69, 9.17) is 4.74 Å². The van der Waals surface area contributed by atoms with Crippen LogP contribution in [-0.2, 0) is 0 Å². The van der Waals surface area contributed by atoms with Gasteiger partial charge < -0.3 is 10.1 Å². The highest BCUT2D eigenvalue weighted by Gasteiger charge is 2.00. The van der Waals surface area contributed by atoms with Gasteiger partial charge in [-0.3, -0.25) is 0 Å². The van der Waals surface area contributed by atoms with Crippen LogP contribution in [0.2, 0.25) is 0 Å². The molecule has 0 saturated heterocycles. The van der Waals surface area contributed by atoms with Gasteiger partial charge in [-0.15, -0.1) is 0 Å². The summed E-state index contributed by atoms with van der Waals surface area (Å²) in [6.45, 7) is 11.8. The monoisotopic (exact) mass is 249 g/mol. The second-order valence-corrected chi connectivity index (χ2v) is 5.53. The van der Waals surface area contributed by atoms with E-state index in [1.54, 1.807) is 0 Å². The van der Waals surface area contributed by atoms with E-state index in [1.807, 2.05) is 6.07 Å². The van der Waals surface area contributed by atoms with E-state index >= 15 is 0 Å². The first kappa shape index (κ1) is 15.0. The van der Waals surface area contributed by atoms with Gasteiger partial charge in [0, 0.05) is 0 Å². The topological polar surface area (TPSA) is 21.3 Å². The third kappa shape index (κ3) is 6.06. The molecule has 0 aliphatic carbocycles. The lowest BCUT2D eigenvalue weighted by molar-refractivity contribution is 0.306. The van der Waals surface area contributed by atoms with Crippen molar-refractivity contribution in [1.29, 1.82) is 0 Å². The van der Waals surface area contributed by atoms with Crippen LogP contribution < -0.4 is 10.1 Å². The molecule has 18 heavy (non-hydrogen) atoms. The molecular formula is C16H27NO. The normalized spacial score (nSPS) is 11.2. The lowest BCUT2D eigenvalue weighted by Gasteiger charge is -2.11. The van der Waals surface area contributed by atoms with Crippen LogP contribution in [0.1, 0.15) is 45.6 Å². The molecule has 0 aliphatic heterocycles. The summed E-state index contributed by atoms with van der Waals surface area (Å²) in [5.41, 5.74) is 1.34. The van der Waals surface area contributed by atoms with Crippen LogP contribution in [0.3, 0.4) is 0 Å². The van der Waals surface area contributed by atoms with Gasteiger partial charge in [0.2, 0.25) is 0 Å². The zero-order valence-corrected chi connectivity index (χ0v) is 12.2. The quantitative estimate of drug-likeness (QED) is 0.707. The summed E-state index contributed by atoms with van der Waals surface area (Å²) in [7, 11) is 0. The Hall–Kier alpha value is -1.02. The van der Waals surface area contributed by atoms with Gasteiger partial charge in [0.25, 0.3) is 0 Å². The minimum Gasteiger partial charge on any atom is -0.494 e.